The van der Waals surface area contributed by atoms with Gasteiger partial charge in [0.25, 0.3) is 23.6 Å². The van der Waals surface area contributed by atoms with E-state index in [0.29, 0.717) is 39.2 Å². The number of ether oxygens (including phenoxy) is 3. The number of phenolic OH excluding ortho intramolecular Hbond substituents is 1. The topological polar surface area (TPSA) is 242 Å². The largest absolute Gasteiger partial charge is 0.508 e. The predicted molar refractivity (Wildman–Crippen MR) is 308 cm³/mol. The fourth-order valence-corrected chi connectivity index (χ4v) is 10.3. The summed E-state index contributed by atoms with van der Waals surface area (Å²) in [5.74, 6) is -2.49. The van der Waals surface area contributed by atoms with Crippen molar-refractivity contribution in [2.24, 2.45) is 11.8 Å². The van der Waals surface area contributed by atoms with Crippen molar-refractivity contribution in [3.05, 3.63) is 137 Å². The summed E-state index contributed by atoms with van der Waals surface area (Å²) >= 11 is 6.65. The van der Waals surface area contributed by atoms with Crippen LogP contribution in [0.4, 0.5) is 26.7 Å². The molecule has 3 N–H and O–H groups in total. The van der Waals surface area contributed by atoms with Crippen molar-refractivity contribution in [3.8, 4) is 11.5 Å². The molecule has 2 aliphatic rings. The molecule has 0 bridgehead atoms. The summed E-state index contributed by atoms with van der Waals surface area (Å²) in [5.41, 5.74) is 4.58. The van der Waals surface area contributed by atoms with Crippen LogP contribution in [0.3, 0.4) is 0 Å². The molecule has 4 heterocycles. The van der Waals surface area contributed by atoms with Crippen LogP contribution in [0.5, 0.6) is 11.5 Å². The molecule has 0 unspecified atom stereocenters. The number of phenols is 1. The van der Waals surface area contributed by atoms with Crippen molar-refractivity contribution in [1.29, 1.82) is 0 Å². The Morgan fingerprint density at radius 3 is 2.22 bits per heavy atom. The average Bonchev–Trinajstić information content (AvgIpc) is 4.35. The van der Waals surface area contributed by atoms with E-state index in [0.717, 1.165) is 21.4 Å². The van der Waals surface area contributed by atoms with Gasteiger partial charge in [0.15, 0.2) is 5.78 Å². The SMILES string of the molecule is Cc1cccc2c(OC(=O)N(CCOCCN3C(=O)C=CC3=O)CCN(C)C(=O)OCc3ccc(NC(=O)[C@H](C)CC(=O)[C@H](C(C)C)N(C)C)cc3)cc3c(c12)[C@H](CCl)CN3C(=O)c1cn2cc(NC(=O)c3ccc(O)cc3)ccc2n1. The number of nitrogens with one attached hydrogen (secondary N) is 2. The first-order valence-electron chi connectivity index (χ1n) is 26.8. The van der Waals surface area contributed by atoms with Crippen LogP contribution in [0, 0.1) is 18.8 Å². The van der Waals surface area contributed by atoms with Gasteiger partial charge >= 0.3 is 12.2 Å². The summed E-state index contributed by atoms with van der Waals surface area (Å²) in [5, 5.41) is 16.7. The number of hydrogen-bond acceptors (Lipinski definition) is 14. The number of likely N-dealkylation sites (N-methyl/N-ethyl adjacent to an activating group) is 2. The molecule has 430 valence electrons. The quantitative estimate of drug-likeness (QED) is 0.0314. The molecule has 82 heavy (non-hydrogen) atoms. The number of alkyl halides is 1. The number of benzene rings is 4. The van der Waals surface area contributed by atoms with Crippen molar-refractivity contribution in [3.63, 3.8) is 0 Å². The number of fused-ring (bicyclic) bond motifs is 4. The summed E-state index contributed by atoms with van der Waals surface area (Å²) < 4.78 is 19.3. The lowest BCUT2D eigenvalue weighted by atomic mass is 9.92. The van der Waals surface area contributed by atoms with E-state index in [1.807, 2.05) is 58.0 Å². The van der Waals surface area contributed by atoms with E-state index in [4.69, 9.17) is 25.8 Å². The standard InChI is InChI=1S/C60H66ClN9O12/c1-36(2)55(65(5)6)48(72)29-38(4)56(75)62-42-15-11-39(12-16-42)35-81-59(78)66(7)23-24-67(25-27-80-28-26-69-51(73)21-22-52(69)74)60(79)82-49-30-47-54(53-37(3)9-8-10-45(49)53)41(31-61)32-70(47)58(77)46-34-68-33-43(17-20-50(68)64-46)63-57(76)40-13-18-44(71)19-14-40/h8-22,30,33-34,36,38,41,55,71H,23-29,31-32,35H2,1-7H3,(H,62,75)(H,63,76)/t38-,41-,55+/m1/s1. The molecule has 0 saturated carbocycles. The molecule has 4 aromatic carbocycles. The first-order valence-corrected chi connectivity index (χ1v) is 27.3. The van der Waals surface area contributed by atoms with Crippen molar-refractivity contribution in [2.75, 3.05) is 88.5 Å². The molecule has 8 rings (SSSR count). The number of anilines is 3. The number of aromatic hydroxyl groups is 1. The lowest BCUT2D eigenvalue weighted by molar-refractivity contribution is -0.137. The smallest absolute Gasteiger partial charge is 0.415 e. The number of pyridine rings is 1. The second kappa shape index (κ2) is 26.3. The average molecular weight is 1140 g/mol. The van der Waals surface area contributed by atoms with Crippen molar-refractivity contribution in [2.45, 2.75) is 52.7 Å². The second-order valence-corrected chi connectivity index (χ2v) is 21.2. The molecule has 21 nitrogen and oxygen atoms in total. The number of hydrogen-bond donors (Lipinski definition) is 3. The second-order valence-electron chi connectivity index (χ2n) is 20.9. The van der Waals surface area contributed by atoms with Crippen LogP contribution in [-0.2, 0) is 35.3 Å². The maximum Gasteiger partial charge on any atom is 0.415 e. The minimum Gasteiger partial charge on any atom is -0.508 e. The molecule has 0 aliphatic carbocycles. The number of aryl methyl sites for hydroxylation is 1. The minimum atomic E-state index is -0.804. The van der Waals surface area contributed by atoms with Gasteiger partial charge in [0, 0.05) is 105 Å². The Labute approximate surface area is 479 Å². The minimum absolute atomic E-state index is 0.00559. The maximum atomic E-state index is 14.6. The van der Waals surface area contributed by atoms with E-state index >= 15 is 0 Å². The number of halogens is 1. The monoisotopic (exact) mass is 1140 g/mol. The zero-order chi connectivity index (χ0) is 58.9. The molecular weight excluding hydrogens is 1070 g/mol. The van der Waals surface area contributed by atoms with E-state index in [1.54, 1.807) is 71.1 Å². The summed E-state index contributed by atoms with van der Waals surface area (Å²) in [4.78, 5) is 118. The molecule has 0 fully saturated rings. The number of carbonyl (C=O) groups excluding carboxylic acids is 8. The van der Waals surface area contributed by atoms with Crippen LogP contribution in [-0.4, -0.2) is 161 Å². The van der Waals surface area contributed by atoms with Crippen LogP contribution >= 0.6 is 11.6 Å². The van der Waals surface area contributed by atoms with Crippen LogP contribution in [0.15, 0.2) is 109 Å². The molecule has 0 spiro atoms. The first kappa shape index (κ1) is 59.5. The summed E-state index contributed by atoms with van der Waals surface area (Å²) in [6.07, 6.45) is 4.15. The van der Waals surface area contributed by atoms with E-state index in [1.165, 1.54) is 53.3 Å². The number of carbonyl (C=O) groups is 8. The number of ketones is 1. The Morgan fingerprint density at radius 2 is 1.54 bits per heavy atom. The fourth-order valence-electron chi connectivity index (χ4n) is 10.1. The van der Waals surface area contributed by atoms with Gasteiger partial charge in [0.1, 0.15) is 29.4 Å². The zero-order valence-corrected chi connectivity index (χ0v) is 47.5. The normalized spacial score (nSPS) is 14.6. The molecule has 0 radical (unpaired) electrons. The third kappa shape index (κ3) is 13.9. The van der Waals surface area contributed by atoms with Crippen molar-refractivity contribution >= 4 is 92.6 Å². The van der Waals surface area contributed by atoms with Gasteiger partial charge in [-0.15, -0.1) is 11.6 Å². The van der Waals surface area contributed by atoms with Gasteiger partial charge < -0.3 is 49.1 Å². The number of nitrogens with zero attached hydrogens (tertiary/aromatic N) is 7. The fraction of sp³-hybridized carbons (Fsp3) is 0.350. The Balaban J connectivity index is 0.952. The third-order valence-electron chi connectivity index (χ3n) is 14.3. The maximum absolute atomic E-state index is 14.6. The van der Waals surface area contributed by atoms with Crippen LogP contribution in [0.2, 0.25) is 0 Å². The van der Waals surface area contributed by atoms with Gasteiger partial charge in [0.2, 0.25) is 5.91 Å². The van der Waals surface area contributed by atoms with Gasteiger partial charge in [0.05, 0.1) is 37.2 Å². The Bertz CT molecular complexity index is 3410. The molecular formula is C60H66ClN9O12. The molecule has 22 heteroatoms. The number of imidazole rings is 1. The van der Waals surface area contributed by atoms with Crippen molar-refractivity contribution < 1.29 is 57.7 Å². The first-order chi connectivity index (χ1) is 39.2. The lowest BCUT2D eigenvalue weighted by Gasteiger charge is -2.27. The van der Waals surface area contributed by atoms with E-state index < -0.39 is 41.7 Å². The van der Waals surface area contributed by atoms with E-state index in [-0.39, 0.29) is 112 Å². The zero-order valence-electron chi connectivity index (χ0n) is 46.7. The van der Waals surface area contributed by atoms with E-state index in [9.17, 15) is 43.5 Å². The summed E-state index contributed by atoms with van der Waals surface area (Å²) in [6, 6.07) is 22.8. The molecule has 2 aromatic heterocycles. The summed E-state index contributed by atoms with van der Waals surface area (Å²) in [6.45, 7) is 7.52. The molecule has 6 aromatic rings. The highest BCUT2D eigenvalue weighted by Gasteiger charge is 2.37. The van der Waals surface area contributed by atoms with Gasteiger partial charge in [-0.25, -0.2) is 14.6 Å². The Kier molecular flexibility index (Phi) is 19.1. The van der Waals surface area contributed by atoms with Gasteiger partial charge in [-0.3, -0.25) is 38.6 Å². The molecule has 3 atom stereocenters. The molecule has 2 aliphatic heterocycles. The van der Waals surface area contributed by atoms with Crippen molar-refractivity contribution in [1.82, 2.24) is 29.0 Å². The molecule has 7 amide bonds. The van der Waals surface area contributed by atoms with Crippen LogP contribution in [0.25, 0.3) is 16.4 Å². The number of amides is 7. The lowest BCUT2D eigenvalue weighted by Crippen LogP contribution is -2.42. The highest BCUT2D eigenvalue weighted by atomic mass is 35.5. The number of rotatable bonds is 23. The van der Waals surface area contributed by atoms with Gasteiger partial charge in [-0.2, -0.15) is 0 Å². The van der Waals surface area contributed by atoms with Gasteiger partial charge in [-0.1, -0.05) is 51.1 Å². The Morgan fingerprint density at radius 1 is 0.829 bits per heavy atom. The molecule has 0 saturated heterocycles. The number of aromatic nitrogens is 2. The van der Waals surface area contributed by atoms with Gasteiger partial charge in [-0.05, 0) is 97.5 Å². The van der Waals surface area contributed by atoms with Crippen LogP contribution in [0.1, 0.15) is 70.6 Å². The summed E-state index contributed by atoms with van der Waals surface area (Å²) in [7, 11) is 5.21. The third-order valence-corrected chi connectivity index (χ3v) is 14.7. The van der Waals surface area contributed by atoms with Crippen LogP contribution < -0.4 is 20.3 Å². The Hall–Kier alpha value is -8.66. The number of Topliss-reactive ketones (excluding diaryl/α,β-unsaturated/α-hetero) is 1. The predicted octanol–water partition coefficient (Wildman–Crippen LogP) is 7.87. The highest BCUT2D eigenvalue weighted by molar-refractivity contribution is 6.19. The highest BCUT2D eigenvalue weighted by Crippen LogP contribution is 2.47. The number of imide groups is 1. The van der Waals surface area contributed by atoms with E-state index in [2.05, 4.69) is 15.6 Å².